The highest BCUT2D eigenvalue weighted by Crippen LogP contribution is 2.35. The lowest BCUT2D eigenvalue weighted by molar-refractivity contribution is -0.133. The minimum atomic E-state index is -0.726. The third-order valence-electron chi connectivity index (χ3n) is 9.94. The van der Waals surface area contributed by atoms with Gasteiger partial charge < -0.3 is 24.4 Å². The van der Waals surface area contributed by atoms with Gasteiger partial charge in [-0.3, -0.25) is 9.59 Å². The van der Waals surface area contributed by atoms with Crippen LogP contribution in [0.3, 0.4) is 0 Å². The van der Waals surface area contributed by atoms with Crippen molar-refractivity contribution in [2.24, 2.45) is 0 Å². The van der Waals surface area contributed by atoms with Crippen molar-refractivity contribution in [3.8, 4) is 6.07 Å². The van der Waals surface area contributed by atoms with Crippen molar-refractivity contribution in [2.75, 3.05) is 20.2 Å². The van der Waals surface area contributed by atoms with Crippen LogP contribution >= 0.6 is 34.8 Å². The fourth-order valence-corrected chi connectivity index (χ4v) is 7.87. The average molecular weight is 777 g/mol. The quantitative estimate of drug-likeness (QED) is 0.187. The number of carbonyl (C=O) groups is 3. The van der Waals surface area contributed by atoms with E-state index in [1.54, 1.807) is 41.3 Å². The van der Waals surface area contributed by atoms with Crippen molar-refractivity contribution in [1.82, 2.24) is 9.80 Å². The molecule has 9 nitrogen and oxygen atoms in total. The number of methoxy groups -OCH3 is 1. The fourth-order valence-electron chi connectivity index (χ4n) is 7.10. The number of halogens is 3. The van der Waals surface area contributed by atoms with Crippen LogP contribution in [0.1, 0.15) is 76.0 Å². The minimum Gasteiger partial charge on any atom is -0.438 e. The molecule has 2 aliphatic heterocycles. The molecule has 0 saturated heterocycles. The summed E-state index contributed by atoms with van der Waals surface area (Å²) in [4.78, 5) is 40.8. The van der Waals surface area contributed by atoms with E-state index < -0.39 is 6.16 Å². The van der Waals surface area contributed by atoms with Crippen molar-refractivity contribution in [3.63, 3.8) is 0 Å². The monoisotopic (exact) mass is 775 g/mol. The highest BCUT2D eigenvalue weighted by Gasteiger charge is 2.31. The zero-order chi connectivity index (χ0) is 38.2. The van der Waals surface area contributed by atoms with Crippen molar-refractivity contribution in [3.05, 3.63) is 138 Å². The van der Waals surface area contributed by atoms with E-state index in [4.69, 9.17) is 39.5 Å². The minimum absolute atomic E-state index is 0.0116. The summed E-state index contributed by atoms with van der Waals surface area (Å²) in [5, 5.41) is 20.3. The Kier molecular flexibility index (Phi) is 13.4. The highest BCUT2D eigenvalue weighted by atomic mass is 35.5. The van der Waals surface area contributed by atoms with Crippen molar-refractivity contribution >= 4 is 52.8 Å². The van der Waals surface area contributed by atoms with E-state index in [0.717, 1.165) is 39.8 Å². The van der Waals surface area contributed by atoms with E-state index in [9.17, 15) is 24.8 Å². The first-order valence-corrected chi connectivity index (χ1v) is 18.3. The molecule has 2 heterocycles. The van der Waals surface area contributed by atoms with Crippen LogP contribution in [0.5, 0.6) is 0 Å². The molecule has 0 fully saturated rings. The van der Waals surface area contributed by atoms with Gasteiger partial charge in [0.2, 0.25) is 11.8 Å². The Bertz CT molecular complexity index is 2030. The Labute approximate surface area is 324 Å². The third-order valence-corrected chi connectivity index (χ3v) is 11.0. The van der Waals surface area contributed by atoms with Gasteiger partial charge in [0.05, 0.1) is 50.3 Å². The summed E-state index contributed by atoms with van der Waals surface area (Å²) < 4.78 is 9.61. The number of carbonyl (C=O) groups excluding carboxylic acids is 3. The summed E-state index contributed by atoms with van der Waals surface area (Å²) in [5.74, 6) is -0.0680. The molecule has 0 bridgehead atoms. The van der Waals surface area contributed by atoms with Crippen molar-refractivity contribution in [1.29, 1.82) is 5.26 Å². The second kappa shape index (κ2) is 18.0. The zero-order valence-corrected chi connectivity index (χ0v) is 32.0. The Balaban J connectivity index is 0.000000208. The first-order chi connectivity index (χ1) is 25.5. The fraction of sp³-hybridized carbons (Fsp3) is 0.317. The summed E-state index contributed by atoms with van der Waals surface area (Å²) in [5.41, 5.74) is 7.87. The Morgan fingerprint density at radius 3 is 1.75 bits per heavy atom. The number of aliphatic hydroxyl groups excluding tert-OH is 1. The number of benzene rings is 4. The molecule has 53 heavy (non-hydrogen) atoms. The number of nitriles is 1. The molecule has 6 rings (SSSR count). The Morgan fingerprint density at radius 1 is 0.755 bits per heavy atom. The van der Waals surface area contributed by atoms with Crippen LogP contribution in [-0.4, -0.2) is 53.1 Å². The summed E-state index contributed by atoms with van der Waals surface area (Å²) in [6, 6.07) is 23.9. The number of fused-ring (bicyclic) bond motifs is 2. The van der Waals surface area contributed by atoms with Crippen LogP contribution in [0.25, 0.3) is 0 Å². The molecule has 0 spiro atoms. The van der Waals surface area contributed by atoms with Gasteiger partial charge in [-0.2, -0.15) is 5.26 Å². The van der Waals surface area contributed by atoms with Crippen LogP contribution in [0.2, 0.25) is 15.1 Å². The molecule has 0 unspecified atom stereocenters. The standard InChI is InChI=1S/C22H21ClN2O4.C19H19Cl2NO2/c1-14-17-7-3-6-16(13-29-22(27)28-2)18(17)9-10-25(14)21(26)11-19-15(12-24)5-4-8-20(19)23;1-12-14-5-2-4-13(11-23)15(14)8-9-22(12)19(24)10-16-17(20)6-3-7-18(16)21/h3-8,14H,9-11,13H2,1-2H3;2-7,12,23H,8-11H2,1H3/t14-;12-/m00/s1. The molecular weight excluding hydrogens is 737 g/mol. The SMILES string of the molecule is COC(=O)OCc1cccc2c1CCN(C(=O)Cc1c(Cl)cccc1C#N)[C@H]2C.C[C@H]1c2cccc(CO)c2CCN1C(=O)Cc1c(Cl)cccc1Cl. The van der Waals surface area contributed by atoms with Crippen molar-refractivity contribution in [2.45, 2.75) is 64.8 Å². The molecule has 12 heteroatoms. The smallest absolute Gasteiger partial charge is 0.438 e. The maximum Gasteiger partial charge on any atom is 0.508 e. The van der Waals surface area contributed by atoms with E-state index in [1.165, 1.54) is 7.11 Å². The van der Waals surface area contributed by atoms with Gasteiger partial charge in [0.25, 0.3) is 0 Å². The number of nitrogens with zero attached hydrogens (tertiary/aromatic N) is 3. The van der Waals surface area contributed by atoms with Crippen LogP contribution in [0.4, 0.5) is 4.79 Å². The number of amides is 2. The normalized spacial score (nSPS) is 16.0. The molecular formula is C41H40Cl3N3O6. The van der Waals surface area contributed by atoms with Crippen LogP contribution in [0, 0.1) is 11.3 Å². The Morgan fingerprint density at radius 2 is 1.23 bits per heavy atom. The second-order valence-corrected chi connectivity index (χ2v) is 14.1. The molecule has 276 valence electrons. The third kappa shape index (κ3) is 8.97. The predicted octanol–water partition coefficient (Wildman–Crippen LogP) is 8.36. The van der Waals surface area contributed by atoms with Crippen molar-refractivity contribution < 1.29 is 29.0 Å². The van der Waals surface area contributed by atoms with Gasteiger partial charge in [-0.05, 0) is 95.5 Å². The van der Waals surface area contributed by atoms with Gasteiger partial charge in [0.1, 0.15) is 6.61 Å². The van der Waals surface area contributed by atoms with E-state index in [1.807, 2.05) is 55.1 Å². The van der Waals surface area contributed by atoms with Gasteiger partial charge in [-0.25, -0.2) is 4.79 Å². The van der Waals surface area contributed by atoms with Gasteiger partial charge in [-0.1, -0.05) is 83.3 Å². The maximum absolute atomic E-state index is 13.0. The molecule has 4 aromatic carbocycles. The first-order valence-electron chi connectivity index (χ1n) is 17.2. The Hall–Kier alpha value is -4.59. The summed E-state index contributed by atoms with van der Waals surface area (Å²) in [6.45, 7) is 5.31. The van der Waals surface area contributed by atoms with Gasteiger partial charge in [0, 0.05) is 28.2 Å². The van der Waals surface area contributed by atoms with Crippen LogP contribution < -0.4 is 0 Å². The lowest BCUT2D eigenvalue weighted by atomic mass is 9.89. The largest absolute Gasteiger partial charge is 0.508 e. The lowest BCUT2D eigenvalue weighted by Gasteiger charge is -2.36. The van der Waals surface area contributed by atoms with E-state index in [2.05, 4.69) is 10.8 Å². The molecule has 0 saturated carbocycles. The molecule has 4 aromatic rings. The molecule has 0 radical (unpaired) electrons. The highest BCUT2D eigenvalue weighted by molar-refractivity contribution is 6.36. The second-order valence-electron chi connectivity index (χ2n) is 12.8. The van der Waals surface area contributed by atoms with Crippen LogP contribution in [0.15, 0.2) is 72.8 Å². The molecule has 0 aromatic heterocycles. The van der Waals surface area contributed by atoms with E-state index in [0.29, 0.717) is 51.3 Å². The summed E-state index contributed by atoms with van der Waals surface area (Å²) >= 11 is 18.6. The molecule has 2 aliphatic rings. The number of rotatable bonds is 7. The average Bonchev–Trinajstić information content (AvgIpc) is 3.16. The summed E-state index contributed by atoms with van der Waals surface area (Å²) in [6.07, 6.45) is 0.944. The number of aliphatic hydroxyl groups is 1. The maximum atomic E-state index is 13.0. The predicted molar refractivity (Wildman–Crippen MR) is 204 cm³/mol. The van der Waals surface area contributed by atoms with E-state index >= 15 is 0 Å². The lowest BCUT2D eigenvalue weighted by Crippen LogP contribution is -2.40. The number of hydrogen-bond acceptors (Lipinski definition) is 7. The summed E-state index contributed by atoms with van der Waals surface area (Å²) in [7, 11) is 1.27. The molecule has 0 aliphatic carbocycles. The van der Waals surface area contributed by atoms with Gasteiger partial charge in [-0.15, -0.1) is 0 Å². The van der Waals surface area contributed by atoms with Gasteiger partial charge >= 0.3 is 6.16 Å². The van der Waals surface area contributed by atoms with E-state index in [-0.39, 0.29) is 50.0 Å². The molecule has 1 N–H and O–H groups in total. The number of hydrogen-bond donors (Lipinski definition) is 1. The molecule has 2 atom stereocenters. The van der Waals surface area contributed by atoms with Gasteiger partial charge in [0.15, 0.2) is 0 Å². The zero-order valence-electron chi connectivity index (χ0n) is 29.7. The number of ether oxygens (including phenoxy) is 2. The van der Waals surface area contributed by atoms with Crippen LogP contribution in [-0.2, 0) is 58.0 Å². The molecule has 2 amide bonds. The first kappa shape index (κ1) is 39.6. The topological polar surface area (TPSA) is 120 Å².